The smallest absolute Gasteiger partial charge is 0.242 e. The van der Waals surface area contributed by atoms with Crippen LogP contribution < -0.4 is 10.5 Å². The summed E-state index contributed by atoms with van der Waals surface area (Å²) in [5.74, 6) is -0.653. The van der Waals surface area contributed by atoms with Crippen LogP contribution in [0, 0.1) is 5.82 Å². The van der Waals surface area contributed by atoms with Crippen LogP contribution >= 0.6 is 15.9 Å². The van der Waals surface area contributed by atoms with E-state index in [1.54, 1.807) is 0 Å². The molecule has 0 fully saturated rings. The molecule has 0 heterocycles. The van der Waals surface area contributed by atoms with E-state index in [0.29, 0.717) is 12.8 Å². The summed E-state index contributed by atoms with van der Waals surface area (Å²) in [6, 6.07) is 2.17. The minimum Gasteiger partial charge on any atom is -0.396 e. The number of hydrogen-bond acceptors (Lipinski definition) is 3. The van der Waals surface area contributed by atoms with Gasteiger partial charge in [0, 0.05) is 10.0 Å². The molecule has 7 heteroatoms. The molecule has 0 atom stereocenters. The Morgan fingerprint density at radius 3 is 2.37 bits per heavy atom. The Labute approximate surface area is 121 Å². The molecule has 19 heavy (non-hydrogen) atoms. The van der Waals surface area contributed by atoms with E-state index in [9.17, 15) is 12.8 Å². The fraction of sp³-hybridized carbons (Fsp3) is 0.500. The number of hydrogen-bond donors (Lipinski definition) is 2. The van der Waals surface area contributed by atoms with E-state index in [2.05, 4.69) is 20.7 Å². The van der Waals surface area contributed by atoms with Gasteiger partial charge in [-0.3, -0.25) is 0 Å². The summed E-state index contributed by atoms with van der Waals surface area (Å²) in [5.41, 5.74) is 4.69. The van der Waals surface area contributed by atoms with Gasteiger partial charge in [0.05, 0.1) is 10.6 Å². The average Bonchev–Trinajstić information content (AvgIpc) is 2.33. The topological polar surface area (TPSA) is 72.2 Å². The van der Waals surface area contributed by atoms with E-state index in [4.69, 9.17) is 5.73 Å². The third-order valence-corrected chi connectivity index (χ3v) is 5.88. The molecule has 0 radical (unpaired) electrons. The lowest BCUT2D eigenvalue weighted by Gasteiger charge is -2.28. The first-order valence-electron chi connectivity index (χ1n) is 5.93. The van der Waals surface area contributed by atoms with E-state index in [0.717, 1.165) is 12.1 Å². The van der Waals surface area contributed by atoms with Crippen molar-refractivity contribution in [2.75, 3.05) is 5.73 Å². The number of nitrogen functional groups attached to an aromatic ring is 1. The predicted molar refractivity (Wildman–Crippen MR) is 77.8 cm³/mol. The highest BCUT2D eigenvalue weighted by molar-refractivity contribution is 9.10. The second kappa shape index (κ2) is 5.76. The van der Waals surface area contributed by atoms with Crippen LogP contribution in [-0.4, -0.2) is 14.0 Å². The summed E-state index contributed by atoms with van der Waals surface area (Å²) in [4.78, 5) is -0.0560. The lowest BCUT2D eigenvalue weighted by Crippen LogP contribution is -2.44. The van der Waals surface area contributed by atoms with E-state index < -0.39 is 21.4 Å². The van der Waals surface area contributed by atoms with Crippen LogP contribution in [0.4, 0.5) is 10.1 Å². The molecule has 3 N–H and O–H groups in total. The Kier molecular flexibility index (Phi) is 4.97. The zero-order valence-corrected chi connectivity index (χ0v) is 13.5. The van der Waals surface area contributed by atoms with Crippen molar-refractivity contribution in [3.8, 4) is 0 Å². The van der Waals surface area contributed by atoms with Gasteiger partial charge in [-0.1, -0.05) is 13.8 Å². The summed E-state index contributed by atoms with van der Waals surface area (Å²) < 4.78 is 40.7. The van der Waals surface area contributed by atoms with Crippen LogP contribution in [-0.2, 0) is 10.0 Å². The number of halogens is 2. The second-order valence-corrected chi connectivity index (χ2v) is 7.18. The van der Waals surface area contributed by atoms with Crippen molar-refractivity contribution >= 4 is 31.6 Å². The van der Waals surface area contributed by atoms with Crippen LogP contribution in [0.5, 0.6) is 0 Å². The first-order valence-corrected chi connectivity index (χ1v) is 8.21. The number of nitrogens with two attached hydrogens (primary N) is 1. The standard InChI is InChI=1S/C12H18BrFN2O2S/c1-4-12(3,5-2)16-19(17,18)11-7-10(15)9(14)6-8(11)13/h6-7,16H,4-5,15H2,1-3H3. The molecule has 0 bridgehead atoms. The molecular formula is C12H18BrFN2O2S. The van der Waals surface area contributed by atoms with Crippen LogP contribution in [0.1, 0.15) is 33.6 Å². The zero-order valence-electron chi connectivity index (χ0n) is 11.1. The van der Waals surface area contributed by atoms with Crippen molar-refractivity contribution in [1.29, 1.82) is 0 Å². The molecule has 0 aromatic heterocycles. The Morgan fingerprint density at radius 1 is 1.37 bits per heavy atom. The Bertz CT molecular complexity index is 571. The lowest BCUT2D eigenvalue weighted by atomic mass is 9.98. The van der Waals surface area contributed by atoms with Gasteiger partial charge in [-0.2, -0.15) is 0 Å². The fourth-order valence-corrected chi connectivity index (χ4v) is 4.12. The molecule has 0 saturated heterocycles. The predicted octanol–water partition coefficient (Wildman–Crippen LogP) is 3.03. The molecular weight excluding hydrogens is 335 g/mol. The third kappa shape index (κ3) is 3.67. The van der Waals surface area contributed by atoms with Gasteiger partial charge in [0.1, 0.15) is 5.82 Å². The van der Waals surface area contributed by atoms with Gasteiger partial charge in [-0.15, -0.1) is 0 Å². The van der Waals surface area contributed by atoms with Crippen LogP contribution in [0.25, 0.3) is 0 Å². The minimum atomic E-state index is -3.76. The Hall–Kier alpha value is -0.660. The molecule has 0 amide bonds. The summed E-state index contributed by atoms with van der Waals surface area (Å²) >= 11 is 3.05. The highest BCUT2D eigenvalue weighted by Gasteiger charge is 2.29. The van der Waals surface area contributed by atoms with E-state index in [1.807, 2.05) is 20.8 Å². The summed E-state index contributed by atoms with van der Waals surface area (Å²) in [6.45, 7) is 5.63. The van der Waals surface area contributed by atoms with Crippen molar-refractivity contribution in [3.05, 3.63) is 22.4 Å². The maximum atomic E-state index is 13.2. The Morgan fingerprint density at radius 2 is 1.89 bits per heavy atom. The minimum absolute atomic E-state index is 0.0560. The maximum absolute atomic E-state index is 13.2. The van der Waals surface area contributed by atoms with E-state index >= 15 is 0 Å². The van der Waals surface area contributed by atoms with Crippen molar-refractivity contribution in [3.63, 3.8) is 0 Å². The molecule has 1 aromatic carbocycles. The zero-order chi connectivity index (χ0) is 14.8. The molecule has 0 aliphatic heterocycles. The first kappa shape index (κ1) is 16.4. The quantitative estimate of drug-likeness (QED) is 0.800. The normalized spacial score (nSPS) is 12.7. The highest BCUT2D eigenvalue weighted by Crippen LogP contribution is 2.28. The molecule has 1 rings (SSSR count). The molecule has 108 valence electrons. The molecule has 0 saturated carbocycles. The number of anilines is 1. The maximum Gasteiger partial charge on any atom is 0.242 e. The van der Waals surface area contributed by atoms with Gasteiger partial charge in [-0.25, -0.2) is 17.5 Å². The number of benzene rings is 1. The molecule has 0 spiro atoms. The number of nitrogens with one attached hydrogen (secondary N) is 1. The number of rotatable bonds is 5. The first-order chi connectivity index (χ1) is 8.65. The van der Waals surface area contributed by atoms with Crippen molar-refractivity contribution < 1.29 is 12.8 Å². The summed E-state index contributed by atoms with van der Waals surface area (Å²) in [5, 5.41) is 0. The molecule has 4 nitrogen and oxygen atoms in total. The highest BCUT2D eigenvalue weighted by atomic mass is 79.9. The van der Waals surface area contributed by atoms with Crippen LogP contribution in [0.2, 0.25) is 0 Å². The van der Waals surface area contributed by atoms with Crippen LogP contribution in [0.3, 0.4) is 0 Å². The Balaban J connectivity index is 3.25. The van der Waals surface area contributed by atoms with Gasteiger partial charge in [0.15, 0.2) is 0 Å². The van der Waals surface area contributed by atoms with Crippen molar-refractivity contribution in [2.45, 2.75) is 44.0 Å². The molecule has 0 aliphatic carbocycles. The molecule has 1 aromatic rings. The number of sulfonamides is 1. The van der Waals surface area contributed by atoms with Gasteiger partial charge in [0.25, 0.3) is 0 Å². The lowest BCUT2D eigenvalue weighted by molar-refractivity contribution is 0.388. The van der Waals surface area contributed by atoms with Crippen molar-refractivity contribution in [2.24, 2.45) is 0 Å². The second-order valence-electron chi connectivity index (χ2n) is 4.68. The third-order valence-electron chi connectivity index (χ3n) is 3.28. The SMILES string of the molecule is CCC(C)(CC)NS(=O)(=O)c1cc(N)c(F)cc1Br. The van der Waals surface area contributed by atoms with Gasteiger partial charge >= 0.3 is 0 Å². The monoisotopic (exact) mass is 352 g/mol. The van der Waals surface area contributed by atoms with Gasteiger partial charge in [0.2, 0.25) is 10.0 Å². The molecule has 0 aliphatic rings. The fourth-order valence-electron chi connectivity index (χ4n) is 1.52. The summed E-state index contributed by atoms with van der Waals surface area (Å²) in [6.07, 6.45) is 1.30. The van der Waals surface area contributed by atoms with E-state index in [1.165, 1.54) is 0 Å². The van der Waals surface area contributed by atoms with Crippen molar-refractivity contribution in [1.82, 2.24) is 4.72 Å². The van der Waals surface area contributed by atoms with Crippen LogP contribution in [0.15, 0.2) is 21.5 Å². The van der Waals surface area contributed by atoms with E-state index in [-0.39, 0.29) is 15.1 Å². The van der Waals surface area contributed by atoms with Gasteiger partial charge in [-0.05, 0) is 47.8 Å². The average molecular weight is 353 g/mol. The molecule has 0 unspecified atom stereocenters. The largest absolute Gasteiger partial charge is 0.396 e. The summed E-state index contributed by atoms with van der Waals surface area (Å²) in [7, 11) is -3.76. The van der Waals surface area contributed by atoms with Gasteiger partial charge < -0.3 is 5.73 Å².